The standard InChI is InChI=1S/C32H25ClFN3O5/c1-19(38)42-32-29(20-7-12-25(13-8-20)35-31(39)22-5-4-6-23(33)17-22)30(21-9-16-27(40-2)28(18-21)41-3)36-37(32)26-14-10-24(34)11-15-26/h4-18H,1-3H3,(H,35,39). The molecule has 1 N–H and O–H groups in total. The summed E-state index contributed by atoms with van der Waals surface area (Å²) in [6.45, 7) is 1.29. The fourth-order valence-electron chi connectivity index (χ4n) is 4.39. The third kappa shape index (κ3) is 5.96. The van der Waals surface area contributed by atoms with E-state index in [1.54, 1.807) is 66.7 Å². The van der Waals surface area contributed by atoms with Gasteiger partial charge in [0.2, 0.25) is 5.88 Å². The average Bonchev–Trinajstić information content (AvgIpc) is 3.35. The van der Waals surface area contributed by atoms with Crippen LogP contribution in [0, 0.1) is 5.82 Å². The number of methoxy groups -OCH3 is 2. The summed E-state index contributed by atoms with van der Waals surface area (Å²) in [7, 11) is 3.07. The first-order chi connectivity index (χ1) is 20.3. The molecule has 0 aliphatic heterocycles. The lowest BCUT2D eigenvalue weighted by atomic mass is 10.0. The number of carbonyl (C=O) groups excluding carboxylic acids is 2. The summed E-state index contributed by atoms with van der Waals surface area (Å²) in [6, 6.07) is 24.6. The number of hydrogen-bond donors (Lipinski definition) is 1. The largest absolute Gasteiger partial charge is 0.493 e. The van der Waals surface area contributed by atoms with E-state index in [1.807, 2.05) is 0 Å². The van der Waals surface area contributed by atoms with E-state index in [1.165, 1.54) is 50.1 Å². The van der Waals surface area contributed by atoms with Crippen molar-refractivity contribution in [1.82, 2.24) is 9.78 Å². The highest BCUT2D eigenvalue weighted by Gasteiger charge is 2.25. The molecule has 4 aromatic carbocycles. The van der Waals surface area contributed by atoms with Gasteiger partial charge in [0.15, 0.2) is 11.5 Å². The van der Waals surface area contributed by atoms with E-state index in [2.05, 4.69) is 5.32 Å². The van der Waals surface area contributed by atoms with E-state index < -0.39 is 11.8 Å². The second kappa shape index (κ2) is 12.2. The molecule has 42 heavy (non-hydrogen) atoms. The minimum atomic E-state index is -0.566. The molecule has 0 unspecified atom stereocenters. The molecule has 8 nitrogen and oxygen atoms in total. The maximum Gasteiger partial charge on any atom is 0.309 e. The van der Waals surface area contributed by atoms with Gasteiger partial charge in [0, 0.05) is 28.8 Å². The van der Waals surface area contributed by atoms with E-state index in [4.69, 9.17) is 30.9 Å². The maximum absolute atomic E-state index is 13.8. The Hall–Kier alpha value is -5.15. The van der Waals surface area contributed by atoms with Crippen molar-refractivity contribution in [2.45, 2.75) is 6.92 Å². The van der Waals surface area contributed by atoms with Gasteiger partial charge in [-0.1, -0.05) is 29.8 Å². The number of anilines is 1. The first-order valence-corrected chi connectivity index (χ1v) is 13.1. The zero-order chi connectivity index (χ0) is 29.8. The number of aromatic nitrogens is 2. The van der Waals surface area contributed by atoms with Gasteiger partial charge in [0.25, 0.3) is 5.91 Å². The Kier molecular flexibility index (Phi) is 8.21. The van der Waals surface area contributed by atoms with Gasteiger partial charge in [0.05, 0.1) is 25.5 Å². The molecular weight excluding hydrogens is 561 g/mol. The number of nitrogens with one attached hydrogen (secondary N) is 1. The Morgan fingerprint density at radius 3 is 2.19 bits per heavy atom. The number of nitrogens with zero attached hydrogens (tertiary/aromatic N) is 2. The van der Waals surface area contributed by atoms with Gasteiger partial charge in [-0.05, 0) is 78.4 Å². The highest BCUT2D eigenvalue weighted by Crippen LogP contribution is 2.43. The first-order valence-electron chi connectivity index (χ1n) is 12.7. The van der Waals surface area contributed by atoms with E-state index >= 15 is 0 Å². The molecule has 0 spiro atoms. The van der Waals surface area contributed by atoms with Crippen LogP contribution >= 0.6 is 11.6 Å². The summed E-state index contributed by atoms with van der Waals surface area (Å²) in [5.41, 5.74) is 3.68. The third-order valence-electron chi connectivity index (χ3n) is 6.33. The molecule has 10 heteroatoms. The van der Waals surface area contributed by atoms with Crippen LogP contribution in [0.1, 0.15) is 17.3 Å². The first kappa shape index (κ1) is 28.4. The zero-order valence-electron chi connectivity index (χ0n) is 22.9. The van der Waals surface area contributed by atoms with Gasteiger partial charge < -0.3 is 19.5 Å². The van der Waals surface area contributed by atoms with E-state index in [-0.39, 0.29) is 11.8 Å². The number of amides is 1. The molecule has 0 fully saturated rings. The highest BCUT2D eigenvalue weighted by molar-refractivity contribution is 6.31. The molecule has 5 aromatic rings. The molecule has 0 radical (unpaired) electrons. The van der Waals surface area contributed by atoms with Gasteiger partial charge in [-0.25, -0.2) is 4.39 Å². The number of rotatable bonds is 8. The predicted molar refractivity (Wildman–Crippen MR) is 158 cm³/mol. The van der Waals surface area contributed by atoms with Crippen LogP contribution in [0.4, 0.5) is 10.1 Å². The molecule has 0 saturated carbocycles. The van der Waals surface area contributed by atoms with Crippen molar-refractivity contribution in [3.8, 4) is 45.5 Å². The molecule has 212 valence electrons. The lowest BCUT2D eigenvalue weighted by Crippen LogP contribution is -2.11. The van der Waals surface area contributed by atoms with Crippen molar-refractivity contribution in [1.29, 1.82) is 0 Å². The Morgan fingerprint density at radius 1 is 0.857 bits per heavy atom. The molecule has 0 aliphatic rings. The SMILES string of the molecule is COc1ccc(-c2nn(-c3ccc(F)cc3)c(OC(C)=O)c2-c2ccc(NC(=O)c3cccc(Cl)c3)cc2)cc1OC. The Morgan fingerprint density at radius 2 is 1.55 bits per heavy atom. The topological polar surface area (TPSA) is 91.7 Å². The summed E-state index contributed by atoms with van der Waals surface area (Å²) in [6.07, 6.45) is 0. The lowest BCUT2D eigenvalue weighted by Gasteiger charge is -2.11. The van der Waals surface area contributed by atoms with Gasteiger partial charge in [0.1, 0.15) is 11.5 Å². The molecule has 1 amide bonds. The van der Waals surface area contributed by atoms with Crippen molar-refractivity contribution >= 4 is 29.2 Å². The predicted octanol–water partition coefficient (Wildman–Crippen LogP) is 7.19. The van der Waals surface area contributed by atoms with E-state index in [0.29, 0.717) is 55.8 Å². The number of halogens is 2. The molecule has 5 rings (SSSR count). The van der Waals surface area contributed by atoms with Crippen LogP contribution in [-0.2, 0) is 4.79 Å². The van der Waals surface area contributed by atoms with Crippen LogP contribution in [0.15, 0.2) is 91.0 Å². The van der Waals surface area contributed by atoms with E-state index in [0.717, 1.165) is 0 Å². The van der Waals surface area contributed by atoms with Crippen molar-refractivity contribution in [3.05, 3.63) is 107 Å². The van der Waals surface area contributed by atoms with Crippen molar-refractivity contribution in [2.75, 3.05) is 19.5 Å². The normalized spacial score (nSPS) is 10.7. The van der Waals surface area contributed by atoms with Crippen LogP contribution in [0.5, 0.6) is 17.4 Å². The van der Waals surface area contributed by atoms with Crippen LogP contribution < -0.4 is 19.5 Å². The lowest BCUT2D eigenvalue weighted by molar-refractivity contribution is -0.132. The number of hydrogen-bond acceptors (Lipinski definition) is 6. The zero-order valence-corrected chi connectivity index (χ0v) is 23.6. The van der Waals surface area contributed by atoms with Crippen LogP contribution in [0.25, 0.3) is 28.1 Å². The number of benzene rings is 4. The van der Waals surface area contributed by atoms with Gasteiger partial charge in [-0.3, -0.25) is 9.59 Å². The highest BCUT2D eigenvalue weighted by atomic mass is 35.5. The second-order valence-corrected chi connectivity index (χ2v) is 9.56. The molecule has 1 heterocycles. The molecule has 0 bridgehead atoms. The minimum Gasteiger partial charge on any atom is -0.493 e. The van der Waals surface area contributed by atoms with Crippen molar-refractivity contribution in [3.63, 3.8) is 0 Å². The number of esters is 1. The van der Waals surface area contributed by atoms with Gasteiger partial charge in [-0.2, -0.15) is 9.78 Å². The fourth-order valence-corrected chi connectivity index (χ4v) is 4.58. The number of carbonyl (C=O) groups is 2. The summed E-state index contributed by atoms with van der Waals surface area (Å²) >= 11 is 6.03. The molecule has 0 saturated heterocycles. The van der Waals surface area contributed by atoms with Crippen molar-refractivity contribution in [2.24, 2.45) is 0 Å². The third-order valence-corrected chi connectivity index (χ3v) is 6.56. The summed E-state index contributed by atoms with van der Waals surface area (Å²) in [4.78, 5) is 25.0. The Labute approximate surface area is 246 Å². The second-order valence-electron chi connectivity index (χ2n) is 9.12. The Balaban J connectivity index is 1.64. The smallest absolute Gasteiger partial charge is 0.309 e. The van der Waals surface area contributed by atoms with Gasteiger partial charge in [-0.15, -0.1) is 0 Å². The van der Waals surface area contributed by atoms with Crippen LogP contribution in [0.3, 0.4) is 0 Å². The molecule has 0 atom stereocenters. The maximum atomic E-state index is 13.8. The fraction of sp³-hybridized carbons (Fsp3) is 0.0938. The summed E-state index contributed by atoms with van der Waals surface area (Å²) in [5, 5.41) is 8.10. The molecular formula is C32H25ClFN3O5. The van der Waals surface area contributed by atoms with E-state index in [9.17, 15) is 14.0 Å². The molecule has 0 aliphatic carbocycles. The average molecular weight is 586 g/mol. The Bertz CT molecular complexity index is 1770. The van der Waals surface area contributed by atoms with Crippen LogP contribution in [-0.4, -0.2) is 35.9 Å². The monoisotopic (exact) mass is 585 g/mol. The summed E-state index contributed by atoms with van der Waals surface area (Å²) < 4.78 is 31.8. The molecule has 1 aromatic heterocycles. The van der Waals surface area contributed by atoms with Crippen LogP contribution in [0.2, 0.25) is 5.02 Å². The number of ether oxygens (including phenoxy) is 3. The quantitative estimate of drug-likeness (QED) is 0.194. The van der Waals surface area contributed by atoms with Gasteiger partial charge >= 0.3 is 5.97 Å². The minimum absolute atomic E-state index is 0.134. The van der Waals surface area contributed by atoms with Crippen molar-refractivity contribution < 1.29 is 28.2 Å². The summed E-state index contributed by atoms with van der Waals surface area (Å²) in [5.74, 6) is -0.166.